The molecule has 0 fully saturated rings. The Labute approximate surface area is 223 Å². The van der Waals surface area contributed by atoms with E-state index in [2.05, 4.69) is 46.8 Å². The van der Waals surface area contributed by atoms with E-state index in [-0.39, 0.29) is 5.56 Å². The Balaban J connectivity index is 1.29. The first-order valence-electron chi connectivity index (χ1n) is 13.3. The number of fused-ring (bicyclic) bond motifs is 1. The lowest BCUT2D eigenvalue weighted by atomic mass is 10.0. The molecular formula is C31H37N3O4. The number of aliphatic hydroxyl groups excluding tert-OH is 1. The Morgan fingerprint density at radius 3 is 2.34 bits per heavy atom. The number of H-pyrrole nitrogens is 1. The number of nitrogens with one attached hydrogen (secondary N) is 3. The van der Waals surface area contributed by atoms with E-state index in [0.29, 0.717) is 31.0 Å². The van der Waals surface area contributed by atoms with E-state index >= 15 is 0 Å². The molecule has 4 aromatic rings. The number of rotatable bonds is 14. The van der Waals surface area contributed by atoms with Crippen LogP contribution in [-0.4, -0.2) is 36.4 Å². The Morgan fingerprint density at radius 2 is 1.63 bits per heavy atom. The van der Waals surface area contributed by atoms with Crippen molar-refractivity contribution in [1.29, 1.82) is 0 Å². The molecule has 4 N–H and O–H groups in total. The topological polar surface area (TPSA) is 95.6 Å². The summed E-state index contributed by atoms with van der Waals surface area (Å²) in [4.78, 5) is 14.8. The average molecular weight is 516 g/mol. The van der Waals surface area contributed by atoms with E-state index in [1.807, 2.05) is 43.3 Å². The minimum atomic E-state index is -0.714. The van der Waals surface area contributed by atoms with Crippen LogP contribution in [0.5, 0.6) is 11.5 Å². The van der Waals surface area contributed by atoms with Crippen LogP contribution in [0.15, 0.2) is 77.6 Å². The molecule has 38 heavy (non-hydrogen) atoms. The monoisotopic (exact) mass is 515 g/mol. The third kappa shape index (κ3) is 7.37. The molecule has 0 aliphatic carbocycles. The molecule has 0 bridgehead atoms. The molecule has 3 aromatic carbocycles. The zero-order chi connectivity index (χ0) is 26.7. The lowest BCUT2D eigenvalue weighted by molar-refractivity contribution is 0.176. The molecule has 0 unspecified atom stereocenters. The Morgan fingerprint density at radius 1 is 0.895 bits per heavy atom. The van der Waals surface area contributed by atoms with Crippen molar-refractivity contribution in [2.75, 3.05) is 31.6 Å². The van der Waals surface area contributed by atoms with Crippen LogP contribution in [0.4, 0.5) is 11.4 Å². The number of unbranched alkanes of at least 4 members (excludes halogenated alkanes) is 1. The molecule has 0 radical (unpaired) electrons. The third-order valence-electron chi connectivity index (χ3n) is 6.34. The number of hydrogen-bond donors (Lipinski definition) is 4. The lowest BCUT2D eigenvalue weighted by Gasteiger charge is -2.17. The minimum Gasteiger partial charge on any atom is -0.494 e. The fourth-order valence-corrected chi connectivity index (χ4v) is 4.29. The first-order valence-corrected chi connectivity index (χ1v) is 13.3. The van der Waals surface area contributed by atoms with Gasteiger partial charge in [-0.3, -0.25) is 4.79 Å². The summed E-state index contributed by atoms with van der Waals surface area (Å²) in [5.74, 6) is 1.50. The third-order valence-corrected chi connectivity index (χ3v) is 6.34. The Hall–Kier alpha value is -3.81. The molecule has 7 heteroatoms. The summed E-state index contributed by atoms with van der Waals surface area (Å²) in [6, 6.07) is 23.2. The van der Waals surface area contributed by atoms with Gasteiger partial charge in [-0.15, -0.1) is 0 Å². The Kier molecular flexibility index (Phi) is 9.78. The van der Waals surface area contributed by atoms with Gasteiger partial charge in [-0.25, -0.2) is 0 Å². The van der Waals surface area contributed by atoms with Crippen LogP contribution in [0.25, 0.3) is 10.9 Å². The van der Waals surface area contributed by atoms with Gasteiger partial charge < -0.3 is 30.2 Å². The highest BCUT2D eigenvalue weighted by Gasteiger charge is 2.15. The van der Waals surface area contributed by atoms with Crippen LogP contribution >= 0.6 is 0 Å². The number of hydrogen-bond acceptors (Lipinski definition) is 6. The summed E-state index contributed by atoms with van der Waals surface area (Å²) in [5.41, 5.74) is 4.44. The molecule has 1 aromatic heterocycles. The molecule has 0 saturated carbocycles. The van der Waals surface area contributed by atoms with Crippen molar-refractivity contribution in [2.45, 2.75) is 39.2 Å². The standard InChI is InChI=1S/C31H37N3O4/c1-3-5-20-38-29-16-14-26(27-15-17-30(36)34-31(27)29)28(35)21-32-19-18-22-6-8-23(9-7-22)33-24-10-12-25(13-11-24)37-4-2/h6-17,28,32-33,35H,3-5,18-21H2,1-2H3,(H,34,36)/t28-/m0/s1. The number of anilines is 2. The predicted molar refractivity (Wildman–Crippen MR) is 154 cm³/mol. The van der Waals surface area contributed by atoms with Crippen molar-refractivity contribution in [3.8, 4) is 11.5 Å². The highest BCUT2D eigenvalue weighted by molar-refractivity contribution is 5.87. The van der Waals surface area contributed by atoms with Gasteiger partial charge in [0.1, 0.15) is 11.5 Å². The SMILES string of the molecule is CCCCOc1ccc([C@@H](O)CNCCc2ccc(Nc3ccc(OCC)cc3)cc2)c2ccc(=O)[nH]c12. The van der Waals surface area contributed by atoms with Gasteiger partial charge in [0.2, 0.25) is 5.56 Å². The zero-order valence-electron chi connectivity index (χ0n) is 22.1. The summed E-state index contributed by atoms with van der Waals surface area (Å²) in [5, 5.41) is 18.5. The van der Waals surface area contributed by atoms with Gasteiger partial charge in [0.25, 0.3) is 0 Å². The molecule has 0 amide bonds. The van der Waals surface area contributed by atoms with Crippen LogP contribution in [0.1, 0.15) is 43.9 Å². The summed E-state index contributed by atoms with van der Waals surface area (Å²) in [7, 11) is 0. The van der Waals surface area contributed by atoms with E-state index in [9.17, 15) is 9.90 Å². The first-order chi connectivity index (χ1) is 18.6. The lowest BCUT2D eigenvalue weighted by Crippen LogP contribution is -2.24. The van der Waals surface area contributed by atoms with E-state index in [1.54, 1.807) is 6.07 Å². The maximum atomic E-state index is 11.9. The summed E-state index contributed by atoms with van der Waals surface area (Å²) in [6.07, 6.45) is 2.10. The highest BCUT2D eigenvalue weighted by atomic mass is 16.5. The van der Waals surface area contributed by atoms with Crippen molar-refractivity contribution >= 4 is 22.3 Å². The van der Waals surface area contributed by atoms with Crippen LogP contribution in [-0.2, 0) is 6.42 Å². The number of ether oxygens (including phenoxy) is 2. The first kappa shape index (κ1) is 27.2. The van der Waals surface area contributed by atoms with Crippen molar-refractivity contribution in [3.05, 3.63) is 94.3 Å². The van der Waals surface area contributed by atoms with Crippen molar-refractivity contribution in [2.24, 2.45) is 0 Å². The van der Waals surface area contributed by atoms with E-state index < -0.39 is 6.10 Å². The zero-order valence-corrected chi connectivity index (χ0v) is 22.1. The molecule has 1 atom stereocenters. The average Bonchev–Trinajstić information content (AvgIpc) is 2.93. The molecular weight excluding hydrogens is 478 g/mol. The van der Waals surface area contributed by atoms with Gasteiger partial charge in [-0.2, -0.15) is 0 Å². The second-order valence-corrected chi connectivity index (χ2v) is 9.22. The van der Waals surface area contributed by atoms with Gasteiger partial charge in [-0.1, -0.05) is 31.5 Å². The molecule has 0 aliphatic rings. The van der Waals surface area contributed by atoms with Crippen molar-refractivity contribution in [3.63, 3.8) is 0 Å². The molecule has 0 aliphatic heterocycles. The smallest absolute Gasteiger partial charge is 0.248 e. The predicted octanol–water partition coefficient (Wildman–Crippen LogP) is 5.72. The maximum Gasteiger partial charge on any atom is 0.248 e. The van der Waals surface area contributed by atoms with E-state index in [1.165, 1.54) is 11.6 Å². The van der Waals surface area contributed by atoms with Crippen molar-refractivity contribution < 1.29 is 14.6 Å². The molecule has 0 spiro atoms. The van der Waals surface area contributed by atoms with E-state index in [4.69, 9.17) is 9.47 Å². The van der Waals surface area contributed by atoms with Crippen molar-refractivity contribution in [1.82, 2.24) is 10.3 Å². The Bertz CT molecular complexity index is 1350. The number of aliphatic hydroxyl groups is 1. The molecule has 1 heterocycles. The maximum absolute atomic E-state index is 11.9. The van der Waals surface area contributed by atoms with Crippen LogP contribution in [0.2, 0.25) is 0 Å². The van der Waals surface area contributed by atoms with Crippen LogP contribution in [0.3, 0.4) is 0 Å². The number of aromatic amines is 1. The fraction of sp³-hybridized carbons (Fsp3) is 0.323. The largest absolute Gasteiger partial charge is 0.494 e. The van der Waals surface area contributed by atoms with Gasteiger partial charge >= 0.3 is 0 Å². The van der Waals surface area contributed by atoms with Gasteiger partial charge in [0.05, 0.1) is 24.8 Å². The quantitative estimate of drug-likeness (QED) is 0.161. The summed E-state index contributed by atoms with van der Waals surface area (Å²) in [6.45, 7) is 6.46. The highest BCUT2D eigenvalue weighted by Crippen LogP contribution is 2.29. The number of pyridine rings is 1. The second-order valence-electron chi connectivity index (χ2n) is 9.22. The van der Waals surface area contributed by atoms with Gasteiger partial charge in [-0.05, 0) is 86.0 Å². The van der Waals surface area contributed by atoms with Crippen LogP contribution in [0, 0.1) is 0 Å². The normalized spacial score (nSPS) is 11.9. The molecule has 4 rings (SSSR count). The number of benzene rings is 3. The number of aromatic nitrogens is 1. The minimum absolute atomic E-state index is 0.191. The summed E-state index contributed by atoms with van der Waals surface area (Å²) < 4.78 is 11.4. The van der Waals surface area contributed by atoms with Crippen LogP contribution < -0.4 is 25.7 Å². The molecule has 0 saturated heterocycles. The molecule has 200 valence electrons. The molecule has 7 nitrogen and oxygen atoms in total. The summed E-state index contributed by atoms with van der Waals surface area (Å²) >= 11 is 0. The van der Waals surface area contributed by atoms with Gasteiger partial charge in [0.15, 0.2) is 0 Å². The fourth-order valence-electron chi connectivity index (χ4n) is 4.29. The van der Waals surface area contributed by atoms with Gasteiger partial charge in [0, 0.05) is 29.4 Å². The second kappa shape index (κ2) is 13.7. The van der Waals surface area contributed by atoms with E-state index in [0.717, 1.165) is 53.9 Å².